The summed E-state index contributed by atoms with van der Waals surface area (Å²) in [6.45, 7) is 4.26. The SMILES string of the molecule is CC(C)Oc1ccc(NC(=O)CC(=O)NCc2ccncc2)cc1. The van der Waals surface area contributed by atoms with Gasteiger partial charge >= 0.3 is 0 Å². The molecular weight excluding hydrogens is 306 g/mol. The fourth-order valence-electron chi connectivity index (χ4n) is 2.00. The van der Waals surface area contributed by atoms with Gasteiger partial charge in [0.1, 0.15) is 12.2 Å². The van der Waals surface area contributed by atoms with Crippen LogP contribution >= 0.6 is 0 Å². The van der Waals surface area contributed by atoms with Crippen LogP contribution in [0.4, 0.5) is 5.69 Å². The Morgan fingerprint density at radius 2 is 1.71 bits per heavy atom. The first-order chi connectivity index (χ1) is 11.5. The number of pyridine rings is 1. The van der Waals surface area contributed by atoms with Crippen molar-refractivity contribution in [3.05, 3.63) is 54.4 Å². The molecule has 126 valence electrons. The van der Waals surface area contributed by atoms with Crippen molar-refractivity contribution in [2.24, 2.45) is 0 Å². The average Bonchev–Trinajstić information content (AvgIpc) is 2.55. The summed E-state index contributed by atoms with van der Waals surface area (Å²) in [6, 6.07) is 10.6. The molecule has 0 atom stereocenters. The number of carbonyl (C=O) groups excluding carboxylic acids is 2. The number of aromatic nitrogens is 1. The Morgan fingerprint density at radius 1 is 1.04 bits per heavy atom. The number of anilines is 1. The summed E-state index contributed by atoms with van der Waals surface area (Å²) in [7, 11) is 0. The Hall–Kier alpha value is -2.89. The Kier molecular flexibility index (Phi) is 6.31. The molecule has 2 rings (SSSR count). The molecule has 0 fully saturated rings. The third-order valence-electron chi connectivity index (χ3n) is 3.07. The lowest BCUT2D eigenvalue weighted by atomic mass is 10.2. The van der Waals surface area contributed by atoms with Crippen LogP contribution in [0.25, 0.3) is 0 Å². The zero-order chi connectivity index (χ0) is 17.4. The number of amides is 2. The van der Waals surface area contributed by atoms with Gasteiger partial charge in [-0.15, -0.1) is 0 Å². The molecule has 1 heterocycles. The number of nitrogens with one attached hydrogen (secondary N) is 2. The van der Waals surface area contributed by atoms with Crippen LogP contribution in [0.3, 0.4) is 0 Å². The predicted octanol–water partition coefficient (Wildman–Crippen LogP) is 2.51. The number of nitrogens with zero attached hydrogens (tertiary/aromatic N) is 1. The van der Waals surface area contributed by atoms with Crippen molar-refractivity contribution in [2.75, 3.05) is 5.32 Å². The predicted molar refractivity (Wildman–Crippen MR) is 91.5 cm³/mol. The molecule has 6 heteroatoms. The van der Waals surface area contributed by atoms with E-state index in [1.807, 2.05) is 13.8 Å². The zero-order valence-corrected chi connectivity index (χ0v) is 13.8. The Morgan fingerprint density at radius 3 is 2.33 bits per heavy atom. The highest BCUT2D eigenvalue weighted by Crippen LogP contribution is 2.17. The van der Waals surface area contributed by atoms with Gasteiger partial charge in [-0.3, -0.25) is 14.6 Å². The molecule has 1 aromatic carbocycles. The molecule has 0 spiro atoms. The molecule has 0 saturated carbocycles. The minimum Gasteiger partial charge on any atom is -0.491 e. The largest absolute Gasteiger partial charge is 0.491 e. The highest BCUT2D eigenvalue weighted by Gasteiger charge is 2.09. The van der Waals surface area contributed by atoms with Crippen molar-refractivity contribution in [2.45, 2.75) is 32.9 Å². The fourth-order valence-corrected chi connectivity index (χ4v) is 2.00. The van der Waals surface area contributed by atoms with E-state index in [1.165, 1.54) is 0 Å². The first-order valence-electron chi connectivity index (χ1n) is 7.75. The average molecular weight is 327 g/mol. The Labute approximate surface area is 141 Å². The number of hydrogen-bond donors (Lipinski definition) is 2. The number of benzene rings is 1. The van der Waals surface area contributed by atoms with Crippen molar-refractivity contribution in [3.63, 3.8) is 0 Å². The van der Waals surface area contributed by atoms with Crippen LogP contribution in [0, 0.1) is 0 Å². The lowest BCUT2D eigenvalue weighted by Gasteiger charge is -2.10. The van der Waals surface area contributed by atoms with Crippen LogP contribution in [0.2, 0.25) is 0 Å². The van der Waals surface area contributed by atoms with E-state index in [4.69, 9.17) is 4.74 Å². The van der Waals surface area contributed by atoms with E-state index in [0.29, 0.717) is 12.2 Å². The van der Waals surface area contributed by atoms with Crippen molar-refractivity contribution in [1.29, 1.82) is 0 Å². The smallest absolute Gasteiger partial charge is 0.233 e. The van der Waals surface area contributed by atoms with Crippen molar-refractivity contribution in [3.8, 4) is 5.75 Å². The molecule has 24 heavy (non-hydrogen) atoms. The summed E-state index contributed by atoms with van der Waals surface area (Å²) in [5, 5.41) is 5.39. The summed E-state index contributed by atoms with van der Waals surface area (Å²) in [5.74, 6) is 0.0434. The minimum atomic E-state index is -0.361. The molecular formula is C18H21N3O3. The second kappa shape index (κ2) is 8.67. The van der Waals surface area contributed by atoms with Gasteiger partial charge in [0.2, 0.25) is 11.8 Å². The van der Waals surface area contributed by atoms with E-state index in [-0.39, 0.29) is 24.3 Å². The fraction of sp³-hybridized carbons (Fsp3) is 0.278. The van der Waals surface area contributed by atoms with Crippen LogP contribution in [0.1, 0.15) is 25.8 Å². The summed E-state index contributed by atoms with van der Waals surface area (Å²) < 4.78 is 5.53. The van der Waals surface area contributed by atoms with Gasteiger partial charge < -0.3 is 15.4 Å². The first kappa shape index (κ1) is 17.5. The summed E-state index contributed by atoms with van der Waals surface area (Å²) in [6.07, 6.45) is 3.17. The topological polar surface area (TPSA) is 80.3 Å². The molecule has 0 aliphatic heterocycles. The maximum absolute atomic E-state index is 11.9. The van der Waals surface area contributed by atoms with E-state index < -0.39 is 0 Å². The Bertz CT molecular complexity index is 670. The number of carbonyl (C=O) groups is 2. The van der Waals surface area contributed by atoms with E-state index in [9.17, 15) is 9.59 Å². The lowest BCUT2D eigenvalue weighted by molar-refractivity contribution is -0.126. The lowest BCUT2D eigenvalue weighted by Crippen LogP contribution is -2.27. The molecule has 0 aliphatic carbocycles. The first-order valence-corrected chi connectivity index (χ1v) is 7.75. The summed E-state index contributed by atoms with van der Waals surface area (Å²) in [5.41, 5.74) is 1.55. The molecule has 2 aromatic rings. The van der Waals surface area contributed by atoms with Crippen LogP contribution in [-0.4, -0.2) is 22.9 Å². The third-order valence-corrected chi connectivity index (χ3v) is 3.07. The minimum absolute atomic E-state index is 0.0922. The standard InChI is InChI=1S/C18H21N3O3/c1-13(2)24-16-5-3-15(4-6-16)21-18(23)11-17(22)20-12-14-7-9-19-10-8-14/h3-10,13H,11-12H2,1-2H3,(H,20,22)(H,21,23). The monoisotopic (exact) mass is 327 g/mol. The van der Waals surface area contributed by atoms with Gasteiger partial charge in [0.15, 0.2) is 0 Å². The van der Waals surface area contributed by atoms with Crippen LogP contribution in [0.5, 0.6) is 5.75 Å². The quantitative estimate of drug-likeness (QED) is 0.766. The number of hydrogen-bond acceptors (Lipinski definition) is 4. The van der Waals surface area contributed by atoms with E-state index in [0.717, 1.165) is 11.3 Å². The van der Waals surface area contributed by atoms with Crippen molar-refractivity contribution in [1.82, 2.24) is 10.3 Å². The number of rotatable bonds is 7. The highest BCUT2D eigenvalue weighted by molar-refractivity contribution is 6.03. The van der Waals surface area contributed by atoms with Gasteiger partial charge in [0, 0.05) is 24.6 Å². The molecule has 6 nitrogen and oxygen atoms in total. The third kappa shape index (κ3) is 6.08. The van der Waals surface area contributed by atoms with E-state index >= 15 is 0 Å². The molecule has 0 saturated heterocycles. The van der Waals surface area contributed by atoms with Gasteiger partial charge in [0.25, 0.3) is 0 Å². The molecule has 2 N–H and O–H groups in total. The van der Waals surface area contributed by atoms with Gasteiger partial charge in [-0.05, 0) is 55.8 Å². The molecule has 0 radical (unpaired) electrons. The molecule has 0 aliphatic rings. The summed E-state index contributed by atoms with van der Waals surface area (Å²) >= 11 is 0. The van der Waals surface area contributed by atoms with Crippen molar-refractivity contribution < 1.29 is 14.3 Å². The van der Waals surface area contributed by atoms with Crippen LogP contribution < -0.4 is 15.4 Å². The normalized spacial score (nSPS) is 10.3. The summed E-state index contributed by atoms with van der Waals surface area (Å²) in [4.78, 5) is 27.6. The second-order valence-electron chi connectivity index (χ2n) is 5.55. The second-order valence-corrected chi connectivity index (χ2v) is 5.55. The molecule has 2 amide bonds. The molecule has 1 aromatic heterocycles. The zero-order valence-electron chi connectivity index (χ0n) is 13.8. The van der Waals surface area contributed by atoms with Crippen LogP contribution in [-0.2, 0) is 16.1 Å². The maximum Gasteiger partial charge on any atom is 0.233 e. The maximum atomic E-state index is 11.9. The molecule has 0 unspecified atom stereocenters. The van der Waals surface area contributed by atoms with Crippen LogP contribution in [0.15, 0.2) is 48.8 Å². The Balaban J connectivity index is 1.76. The molecule has 0 bridgehead atoms. The van der Waals surface area contributed by atoms with Gasteiger partial charge in [-0.2, -0.15) is 0 Å². The van der Waals surface area contributed by atoms with Gasteiger partial charge in [-0.1, -0.05) is 0 Å². The van der Waals surface area contributed by atoms with E-state index in [1.54, 1.807) is 48.8 Å². The van der Waals surface area contributed by atoms with Gasteiger partial charge in [0.05, 0.1) is 6.10 Å². The van der Waals surface area contributed by atoms with Crippen molar-refractivity contribution >= 4 is 17.5 Å². The highest BCUT2D eigenvalue weighted by atomic mass is 16.5. The van der Waals surface area contributed by atoms with E-state index in [2.05, 4.69) is 15.6 Å². The van der Waals surface area contributed by atoms with Gasteiger partial charge in [-0.25, -0.2) is 0 Å². The number of ether oxygens (including phenoxy) is 1.